The number of nitrogens with one attached hydrogen (secondary N) is 5. The number of alkyl halides is 3. The number of hydrogen-bond acceptors (Lipinski definition) is 7. The van der Waals surface area contributed by atoms with Gasteiger partial charge in [-0.05, 0) is 74.1 Å². The number of rotatable bonds is 15. The van der Waals surface area contributed by atoms with Crippen molar-refractivity contribution < 1.29 is 32.3 Å². The van der Waals surface area contributed by atoms with Gasteiger partial charge in [-0.2, -0.15) is 24.9 Å². The third kappa shape index (κ3) is 9.51. The number of halogens is 3. The first-order valence-electron chi connectivity index (χ1n) is 19.4. The molecule has 2 unspecified atom stereocenters. The molecule has 0 aliphatic carbocycles. The summed E-state index contributed by atoms with van der Waals surface area (Å²) in [6, 6.07) is 15.6. The van der Waals surface area contributed by atoms with E-state index in [9.17, 15) is 32.3 Å². The van der Waals surface area contributed by atoms with Crippen molar-refractivity contribution in [3.63, 3.8) is 0 Å². The molecule has 7 rings (SSSR count). The second-order valence-electron chi connectivity index (χ2n) is 14.8. The zero-order chi connectivity index (χ0) is 39.2. The van der Waals surface area contributed by atoms with Crippen molar-refractivity contribution in [2.24, 2.45) is 0 Å². The lowest BCUT2D eigenvalue weighted by Gasteiger charge is -2.36. The molecule has 4 atom stereocenters. The Morgan fingerprint density at radius 2 is 1.70 bits per heavy atom. The number of fused-ring (bicyclic) bond motifs is 5. The van der Waals surface area contributed by atoms with Crippen LogP contribution in [0.25, 0.3) is 11.3 Å². The largest absolute Gasteiger partial charge is 0.416 e. The van der Waals surface area contributed by atoms with Crippen molar-refractivity contribution in [3.8, 4) is 11.3 Å². The number of nitrogens with zero attached hydrogens (tertiary/aromatic N) is 3. The van der Waals surface area contributed by atoms with Gasteiger partial charge in [-0.1, -0.05) is 37.1 Å². The molecule has 0 spiro atoms. The highest BCUT2D eigenvalue weighted by atomic mass is 32.2. The lowest BCUT2D eigenvalue weighted by Crippen LogP contribution is -2.48. The summed E-state index contributed by atoms with van der Waals surface area (Å²) < 4.78 is 40.2. The highest BCUT2D eigenvalue weighted by Crippen LogP contribution is 2.41. The van der Waals surface area contributed by atoms with Crippen LogP contribution in [0.2, 0.25) is 0 Å². The fraction of sp³-hybridized carbons (Fsp3) is 0.475. The van der Waals surface area contributed by atoms with E-state index in [0.29, 0.717) is 66.9 Å². The quantitative estimate of drug-likeness (QED) is 0.0883. The van der Waals surface area contributed by atoms with Gasteiger partial charge in [0.15, 0.2) is 5.82 Å². The van der Waals surface area contributed by atoms with Crippen LogP contribution in [0.4, 0.5) is 40.0 Å². The van der Waals surface area contributed by atoms with E-state index in [-0.39, 0.29) is 42.0 Å². The third-order valence-corrected chi connectivity index (χ3v) is 12.3. The number of anilines is 3. The van der Waals surface area contributed by atoms with E-state index in [1.165, 1.54) is 6.07 Å². The summed E-state index contributed by atoms with van der Waals surface area (Å²) in [5.41, 5.74) is 2.10. The van der Waals surface area contributed by atoms with Crippen LogP contribution in [0, 0.1) is 0 Å². The summed E-state index contributed by atoms with van der Waals surface area (Å²) >= 11 is 1.89. The minimum absolute atomic E-state index is 0.0474. The molecular formula is C40H47F3N8O4S. The normalized spacial score (nSPS) is 20.9. The third-order valence-electron chi connectivity index (χ3n) is 10.8. The molecule has 0 radical (unpaired) electrons. The van der Waals surface area contributed by atoms with Crippen LogP contribution in [-0.4, -0.2) is 77.6 Å². The van der Waals surface area contributed by atoms with E-state index in [1.807, 2.05) is 30.0 Å². The van der Waals surface area contributed by atoms with Crippen molar-refractivity contribution in [1.29, 1.82) is 0 Å². The Balaban J connectivity index is 0.799. The van der Waals surface area contributed by atoms with Crippen LogP contribution in [-0.2, 0) is 22.3 Å². The molecule has 298 valence electrons. The predicted molar refractivity (Wildman–Crippen MR) is 211 cm³/mol. The number of thioether (sulfide) groups is 1. The van der Waals surface area contributed by atoms with E-state index >= 15 is 0 Å². The van der Waals surface area contributed by atoms with Crippen molar-refractivity contribution >= 4 is 52.8 Å². The van der Waals surface area contributed by atoms with Gasteiger partial charge in [0.25, 0.3) is 0 Å². The minimum atomic E-state index is -4.48. The maximum Gasteiger partial charge on any atom is 0.416 e. The van der Waals surface area contributed by atoms with Gasteiger partial charge >= 0.3 is 18.2 Å². The number of unbranched alkanes of at least 4 members (excludes halogenated alkanes) is 3. The molecule has 6 amide bonds. The molecule has 4 aliphatic heterocycles. The average Bonchev–Trinajstić information content (AvgIpc) is 3.89. The lowest BCUT2D eigenvalue weighted by molar-refractivity contribution is -0.137. The first-order valence-corrected chi connectivity index (χ1v) is 20.4. The molecule has 0 saturated carbocycles. The van der Waals surface area contributed by atoms with E-state index in [2.05, 4.69) is 31.5 Å². The zero-order valence-electron chi connectivity index (χ0n) is 31.0. The van der Waals surface area contributed by atoms with Crippen LogP contribution in [0.15, 0.2) is 60.7 Å². The minimum Gasteiger partial charge on any atom is -0.366 e. The summed E-state index contributed by atoms with van der Waals surface area (Å²) in [4.78, 5) is 58.4. The summed E-state index contributed by atoms with van der Waals surface area (Å²) in [6.45, 7) is 2.32. The average molecular weight is 793 g/mol. The molecule has 3 saturated heterocycles. The van der Waals surface area contributed by atoms with Crippen molar-refractivity contribution in [3.05, 3.63) is 71.8 Å². The summed E-state index contributed by atoms with van der Waals surface area (Å²) in [5, 5.41) is 15.2. The first kappa shape index (κ1) is 39.3. The van der Waals surface area contributed by atoms with Crippen LogP contribution in [0.5, 0.6) is 0 Å². The van der Waals surface area contributed by atoms with E-state index in [1.54, 1.807) is 29.2 Å². The highest BCUT2D eigenvalue weighted by molar-refractivity contribution is 8.00. The molecule has 3 fully saturated rings. The van der Waals surface area contributed by atoms with Gasteiger partial charge in [0.05, 0.1) is 35.1 Å². The standard InChI is InChI=1S/C40H47F3N8O4S/c41-40(42,43)27-8-6-7-26(21-27)30-16-17-32-37(47-30)51(29-18-20-50(32)23-29)39(55)46-28-14-12-25(13-15-28)22-45-35(53)10-2-1-5-19-44-34(52)11-4-3-9-33-36-31(24-56-33)48-38(54)49-36/h6-8,12-17,21,29,31,33,36H,1-5,9-11,18-20,22-24H2,(H,44,52)(H,45,53)(H,46,55)(H2,48,49,54)/t29-,31?,33-,36?/m0/s1. The zero-order valence-corrected chi connectivity index (χ0v) is 31.8. The number of carbonyl (C=O) groups is 4. The van der Waals surface area contributed by atoms with Gasteiger partial charge in [-0.3, -0.25) is 14.5 Å². The smallest absolute Gasteiger partial charge is 0.366 e. The number of pyridine rings is 1. The second-order valence-corrected chi connectivity index (χ2v) is 16.1. The molecule has 3 aromatic rings. The van der Waals surface area contributed by atoms with E-state index in [4.69, 9.17) is 4.98 Å². The van der Waals surface area contributed by atoms with E-state index in [0.717, 1.165) is 74.2 Å². The fourth-order valence-electron chi connectivity index (χ4n) is 7.84. The number of aromatic nitrogens is 1. The molecular weight excluding hydrogens is 746 g/mol. The van der Waals surface area contributed by atoms with Crippen molar-refractivity contribution in [1.82, 2.24) is 26.3 Å². The molecule has 12 nitrogen and oxygen atoms in total. The Morgan fingerprint density at radius 3 is 2.50 bits per heavy atom. The molecule has 1 aromatic heterocycles. The van der Waals surface area contributed by atoms with Gasteiger partial charge in [-0.15, -0.1) is 0 Å². The monoisotopic (exact) mass is 792 g/mol. The van der Waals surface area contributed by atoms with Gasteiger partial charge in [-0.25, -0.2) is 14.6 Å². The Bertz CT molecular complexity index is 1910. The Morgan fingerprint density at radius 1 is 0.911 bits per heavy atom. The lowest BCUT2D eigenvalue weighted by atomic mass is 10.0. The van der Waals surface area contributed by atoms with Gasteiger partial charge in [0.1, 0.15) is 0 Å². The fourth-order valence-corrected chi connectivity index (χ4v) is 9.39. The molecule has 16 heteroatoms. The molecule has 5 heterocycles. The topological polar surface area (TPSA) is 148 Å². The van der Waals surface area contributed by atoms with Crippen LogP contribution in [0.3, 0.4) is 0 Å². The van der Waals surface area contributed by atoms with Crippen LogP contribution >= 0.6 is 11.8 Å². The Labute approximate surface area is 328 Å². The van der Waals surface area contributed by atoms with E-state index < -0.39 is 11.7 Å². The molecule has 5 N–H and O–H groups in total. The molecule has 56 heavy (non-hydrogen) atoms. The number of urea groups is 2. The van der Waals surface area contributed by atoms with Crippen LogP contribution in [0.1, 0.15) is 68.9 Å². The summed E-state index contributed by atoms with van der Waals surface area (Å²) in [5.74, 6) is 1.34. The number of benzene rings is 2. The maximum absolute atomic E-state index is 13.7. The molecule has 2 aromatic carbocycles. The van der Waals surface area contributed by atoms with Gasteiger partial charge in [0.2, 0.25) is 11.8 Å². The number of carbonyl (C=O) groups excluding carboxylic acids is 4. The Kier molecular flexibility index (Phi) is 12.2. The van der Waals surface area contributed by atoms with Crippen molar-refractivity contribution in [2.75, 3.05) is 40.5 Å². The molecule has 4 aliphatic rings. The Hall–Kier alpha value is -4.99. The maximum atomic E-state index is 13.7. The second kappa shape index (κ2) is 17.4. The predicted octanol–water partition coefficient (Wildman–Crippen LogP) is 6.42. The van der Waals surface area contributed by atoms with Gasteiger partial charge < -0.3 is 31.5 Å². The SMILES string of the molecule is O=C(CCCC[C@@H]1SCC2NC(=O)NC21)NCCCCCC(=O)NCc1ccc(NC(=O)N2c3nc(-c4cccc(C(F)(F)F)c4)ccc3N3CC[C@H]2C3)cc1. The summed E-state index contributed by atoms with van der Waals surface area (Å²) in [6.07, 6.45) is 2.24. The summed E-state index contributed by atoms with van der Waals surface area (Å²) in [7, 11) is 0. The number of hydrogen-bond donors (Lipinski definition) is 5. The van der Waals surface area contributed by atoms with Crippen molar-refractivity contribution in [2.45, 2.75) is 93.9 Å². The molecule has 2 bridgehead atoms. The van der Waals surface area contributed by atoms with Crippen LogP contribution < -0.4 is 36.4 Å². The van der Waals surface area contributed by atoms with Gasteiger partial charge in [0, 0.05) is 61.3 Å². The first-order chi connectivity index (χ1) is 27.0. The highest BCUT2D eigenvalue weighted by Gasteiger charge is 2.43. The number of amides is 6.